The second-order valence-electron chi connectivity index (χ2n) is 6.79. The average molecular weight is 373 g/mol. The monoisotopic (exact) mass is 373 g/mol. The van der Waals surface area contributed by atoms with Gasteiger partial charge in [0.25, 0.3) is 11.8 Å². The summed E-state index contributed by atoms with van der Waals surface area (Å²) >= 11 is 0. The van der Waals surface area contributed by atoms with E-state index in [4.69, 9.17) is 0 Å². The molecule has 0 saturated heterocycles. The molecule has 5 heteroatoms. The number of benzene rings is 2. The summed E-state index contributed by atoms with van der Waals surface area (Å²) in [6.45, 7) is 5.92. The lowest BCUT2D eigenvalue weighted by molar-refractivity contribution is 0.0935. The molecule has 3 rings (SSSR count). The first-order valence-corrected chi connectivity index (χ1v) is 9.14. The SMILES string of the molecule is Cc1ccc(NC(=O)c2ccnc(C(=O)NC(C)c3ccccc3)c2)cc1C. The fourth-order valence-electron chi connectivity index (χ4n) is 2.81. The predicted octanol–water partition coefficient (Wildman–Crippen LogP) is 4.44. The molecule has 2 amide bonds. The number of carbonyl (C=O) groups excluding carboxylic acids is 2. The normalized spacial score (nSPS) is 11.5. The van der Waals surface area contributed by atoms with Gasteiger partial charge in [-0.1, -0.05) is 36.4 Å². The van der Waals surface area contributed by atoms with E-state index in [1.165, 1.54) is 12.3 Å². The first-order chi connectivity index (χ1) is 13.4. The maximum atomic E-state index is 12.6. The maximum Gasteiger partial charge on any atom is 0.270 e. The summed E-state index contributed by atoms with van der Waals surface area (Å²) in [7, 11) is 0. The number of amides is 2. The van der Waals surface area contributed by atoms with Crippen LogP contribution in [0.5, 0.6) is 0 Å². The molecule has 0 radical (unpaired) electrons. The highest BCUT2D eigenvalue weighted by atomic mass is 16.2. The second kappa shape index (κ2) is 8.48. The number of rotatable bonds is 5. The highest BCUT2D eigenvalue weighted by Gasteiger charge is 2.15. The standard InChI is InChI=1S/C23H23N3O2/c1-15-9-10-20(13-16(15)2)26-22(27)19-11-12-24-21(14-19)23(28)25-17(3)18-7-5-4-6-8-18/h4-14,17H,1-3H3,(H,25,28)(H,26,27). The number of pyridine rings is 1. The van der Waals surface area contributed by atoms with Gasteiger partial charge < -0.3 is 10.6 Å². The summed E-state index contributed by atoms with van der Waals surface area (Å²) in [5, 5.41) is 5.77. The molecule has 3 aromatic rings. The highest BCUT2D eigenvalue weighted by Crippen LogP contribution is 2.16. The van der Waals surface area contributed by atoms with E-state index in [1.807, 2.05) is 69.3 Å². The van der Waals surface area contributed by atoms with Gasteiger partial charge in [-0.25, -0.2) is 0 Å². The molecule has 28 heavy (non-hydrogen) atoms. The third-order valence-corrected chi connectivity index (χ3v) is 4.67. The zero-order valence-electron chi connectivity index (χ0n) is 16.2. The van der Waals surface area contributed by atoms with Crippen LogP contribution in [-0.2, 0) is 0 Å². The van der Waals surface area contributed by atoms with Crippen molar-refractivity contribution in [3.63, 3.8) is 0 Å². The Kier molecular flexibility index (Phi) is 5.84. The van der Waals surface area contributed by atoms with Crippen molar-refractivity contribution >= 4 is 17.5 Å². The Hall–Kier alpha value is -3.47. The van der Waals surface area contributed by atoms with Crippen molar-refractivity contribution in [2.24, 2.45) is 0 Å². The molecule has 2 aromatic carbocycles. The summed E-state index contributed by atoms with van der Waals surface area (Å²) in [6.07, 6.45) is 1.47. The van der Waals surface area contributed by atoms with E-state index >= 15 is 0 Å². The van der Waals surface area contributed by atoms with Crippen molar-refractivity contribution in [1.82, 2.24) is 10.3 Å². The second-order valence-corrected chi connectivity index (χ2v) is 6.79. The smallest absolute Gasteiger partial charge is 0.270 e. The molecule has 0 aliphatic carbocycles. The van der Waals surface area contributed by atoms with Gasteiger partial charge in [0, 0.05) is 17.4 Å². The molecular weight excluding hydrogens is 350 g/mol. The van der Waals surface area contributed by atoms with E-state index in [-0.39, 0.29) is 23.6 Å². The minimum atomic E-state index is -0.322. The van der Waals surface area contributed by atoms with E-state index in [2.05, 4.69) is 15.6 Å². The third-order valence-electron chi connectivity index (χ3n) is 4.67. The van der Waals surface area contributed by atoms with Crippen molar-refractivity contribution in [2.75, 3.05) is 5.32 Å². The molecule has 1 unspecified atom stereocenters. The van der Waals surface area contributed by atoms with Crippen molar-refractivity contribution in [3.05, 3.63) is 94.8 Å². The van der Waals surface area contributed by atoms with Crippen LogP contribution < -0.4 is 10.6 Å². The van der Waals surface area contributed by atoms with Gasteiger partial charge in [0.15, 0.2) is 0 Å². The predicted molar refractivity (Wildman–Crippen MR) is 110 cm³/mol. The molecule has 1 aromatic heterocycles. The summed E-state index contributed by atoms with van der Waals surface area (Å²) in [5.41, 5.74) is 4.56. The van der Waals surface area contributed by atoms with Gasteiger partial charge in [-0.2, -0.15) is 0 Å². The fraction of sp³-hybridized carbons (Fsp3) is 0.174. The Morgan fingerprint density at radius 2 is 1.64 bits per heavy atom. The van der Waals surface area contributed by atoms with E-state index < -0.39 is 0 Å². The minimum absolute atomic E-state index is 0.163. The Morgan fingerprint density at radius 1 is 0.893 bits per heavy atom. The quantitative estimate of drug-likeness (QED) is 0.694. The van der Waals surface area contributed by atoms with E-state index in [0.717, 1.165) is 16.7 Å². The van der Waals surface area contributed by atoms with Crippen LogP contribution in [0.3, 0.4) is 0 Å². The third kappa shape index (κ3) is 4.62. The van der Waals surface area contributed by atoms with Gasteiger partial charge in [-0.15, -0.1) is 0 Å². The number of hydrogen-bond donors (Lipinski definition) is 2. The molecular formula is C23H23N3O2. The first kappa shape index (κ1) is 19.3. The van der Waals surface area contributed by atoms with Gasteiger partial charge in [0.1, 0.15) is 5.69 Å². The molecule has 5 nitrogen and oxygen atoms in total. The van der Waals surface area contributed by atoms with Crippen molar-refractivity contribution < 1.29 is 9.59 Å². The van der Waals surface area contributed by atoms with Crippen LogP contribution in [0.2, 0.25) is 0 Å². The van der Waals surface area contributed by atoms with Gasteiger partial charge in [0.05, 0.1) is 6.04 Å². The fourth-order valence-corrected chi connectivity index (χ4v) is 2.81. The molecule has 2 N–H and O–H groups in total. The zero-order chi connectivity index (χ0) is 20.1. The molecule has 0 fully saturated rings. The van der Waals surface area contributed by atoms with Crippen molar-refractivity contribution in [1.29, 1.82) is 0 Å². The molecule has 142 valence electrons. The molecule has 1 atom stereocenters. The van der Waals surface area contributed by atoms with Crippen molar-refractivity contribution in [3.8, 4) is 0 Å². The summed E-state index contributed by atoms with van der Waals surface area (Å²) in [6, 6.07) is 18.3. The highest BCUT2D eigenvalue weighted by molar-refractivity contribution is 6.05. The van der Waals surface area contributed by atoms with Crippen molar-refractivity contribution in [2.45, 2.75) is 26.8 Å². The summed E-state index contributed by atoms with van der Waals surface area (Å²) in [4.78, 5) is 29.2. The molecule has 0 aliphatic rings. The Balaban J connectivity index is 1.71. The molecule has 1 heterocycles. The van der Waals surface area contributed by atoms with E-state index in [9.17, 15) is 9.59 Å². The van der Waals surface area contributed by atoms with Crippen LogP contribution in [0.1, 0.15) is 50.5 Å². The minimum Gasteiger partial charge on any atom is -0.344 e. The van der Waals surface area contributed by atoms with Gasteiger partial charge >= 0.3 is 0 Å². The lowest BCUT2D eigenvalue weighted by Gasteiger charge is -2.14. The topological polar surface area (TPSA) is 71.1 Å². The number of carbonyl (C=O) groups is 2. The van der Waals surface area contributed by atoms with Gasteiger partial charge in [-0.3, -0.25) is 14.6 Å². The van der Waals surface area contributed by atoms with Crippen LogP contribution in [0.4, 0.5) is 5.69 Å². The van der Waals surface area contributed by atoms with Crippen LogP contribution in [0.25, 0.3) is 0 Å². The largest absolute Gasteiger partial charge is 0.344 e. The van der Waals surface area contributed by atoms with Crippen LogP contribution in [0.15, 0.2) is 66.9 Å². The summed E-state index contributed by atoms with van der Waals surface area (Å²) in [5.74, 6) is -0.604. The average Bonchev–Trinajstić information content (AvgIpc) is 2.71. The van der Waals surface area contributed by atoms with Gasteiger partial charge in [-0.05, 0) is 61.7 Å². The van der Waals surface area contributed by atoms with E-state index in [1.54, 1.807) is 6.07 Å². The molecule has 0 spiro atoms. The number of anilines is 1. The number of aryl methyl sites for hydroxylation is 2. The van der Waals surface area contributed by atoms with Crippen LogP contribution >= 0.6 is 0 Å². The lowest BCUT2D eigenvalue weighted by Crippen LogP contribution is -2.27. The first-order valence-electron chi connectivity index (χ1n) is 9.14. The van der Waals surface area contributed by atoms with Crippen LogP contribution in [-0.4, -0.2) is 16.8 Å². The maximum absolute atomic E-state index is 12.6. The van der Waals surface area contributed by atoms with Crippen LogP contribution in [0, 0.1) is 13.8 Å². The molecule has 0 aliphatic heterocycles. The number of hydrogen-bond acceptors (Lipinski definition) is 3. The number of nitrogens with zero attached hydrogens (tertiary/aromatic N) is 1. The Bertz CT molecular complexity index is 1000. The number of nitrogens with one attached hydrogen (secondary N) is 2. The van der Waals surface area contributed by atoms with E-state index in [0.29, 0.717) is 11.3 Å². The Labute approximate surface area is 164 Å². The molecule has 0 saturated carbocycles. The lowest BCUT2D eigenvalue weighted by atomic mass is 10.1. The summed E-state index contributed by atoms with van der Waals surface area (Å²) < 4.78 is 0. The zero-order valence-corrected chi connectivity index (χ0v) is 16.2. The Morgan fingerprint density at radius 3 is 2.36 bits per heavy atom. The van der Waals surface area contributed by atoms with Gasteiger partial charge in [0.2, 0.25) is 0 Å². The molecule has 0 bridgehead atoms. The number of aromatic nitrogens is 1.